The maximum atomic E-state index is 13.9. The molecule has 39 heavy (non-hydrogen) atoms. The van der Waals surface area contributed by atoms with E-state index in [9.17, 15) is 9.59 Å². The van der Waals surface area contributed by atoms with Crippen LogP contribution in [0.4, 0.5) is 4.79 Å². The van der Waals surface area contributed by atoms with Gasteiger partial charge in [-0.15, -0.1) is 0 Å². The second kappa shape index (κ2) is 9.79. The van der Waals surface area contributed by atoms with E-state index in [0.717, 1.165) is 44.7 Å². The zero-order valence-electron chi connectivity index (χ0n) is 23.6. The molecule has 2 saturated heterocycles. The second-order valence-electron chi connectivity index (χ2n) is 11.0. The summed E-state index contributed by atoms with van der Waals surface area (Å²) in [4.78, 5) is 33.5. The Bertz CT molecular complexity index is 1360. The van der Waals surface area contributed by atoms with Crippen LogP contribution in [-0.4, -0.2) is 88.5 Å². The second-order valence-corrected chi connectivity index (χ2v) is 13.7. The number of hydrogen-bond acceptors (Lipinski definition) is 5. The van der Waals surface area contributed by atoms with Crippen molar-refractivity contribution in [1.29, 1.82) is 0 Å². The summed E-state index contributed by atoms with van der Waals surface area (Å²) in [7, 11) is 5.41. The zero-order chi connectivity index (χ0) is 27.6. The predicted octanol–water partition coefficient (Wildman–Crippen LogP) is 0.240. The fourth-order valence-corrected chi connectivity index (χ4v) is 9.98. The standard InChI is InChI=1S/C29H37IN5O4/c1-7-35-28(37)34-16-19-13-20(38-5)14-23(39-6)25(19)17(2)12-24(34)29(35)8-10-33(11-9-29)27(36)22-15-21-18(3)31-32(4)26(21)30-22/h12-13,15,17,23H,7-11,14,16H2,1-6H3/q-1/t17-,23?/m0/s1. The molecule has 9 nitrogen and oxygen atoms in total. The Morgan fingerprint density at radius 3 is 2.62 bits per heavy atom. The Hall–Kier alpha value is -2.60. The van der Waals surface area contributed by atoms with Crippen molar-refractivity contribution < 1.29 is 40.3 Å². The number of fused-ring (bicyclic) bond motifs is 3. The Balaban J connectivity index is 1.27. The number of likely N-dealkylation sites (tertiary alicyclic amines) is 1. The van der Waals surface area contributed by atoms with Gasteiger partial charge in [0, 0.05) is 7.11 Å². The third kappa shape index (κ3) is 4.00. The number of halogens is 1. The number of ether oxygens (including phenoxy) is 2. The summed E-state index contributed by atoms with van der Waals surface area (Å²) in [5.74, 6) is 1.16. The molecule has 1 unspecified atom stereocenters. The summed E-state index contributed by atoms with van der Waals surface area (Å²) in [6.45, 7) is 8.70. The summed E-state index contributed by atoms with van der Waals surface area (Å²) in [5, 5.41) is 4.51. The molecule has 10 heteroatoms. The number of hydrogen-bond donors (Lipinski definition) is 0. The van der Waals surface area contributed by atoms with Crippen LogP contribution in [0.5, 0.6) is 0 Å². The van der Waals surface area contributed by atoms with Gasteiger partial charge >= 0.3 is 222 Å². The first-order valence-electron chi connectivity index (χ1n) is 13.7. The van der Waals surface area contributed by atoms with Crippen molar-refractivity contribution >= 4 is 18.0 Å². The molecule has 1 spiro atoms. The van der Waals surface area contributed by atoms with E-state index in [0.29, 0.717) is 32.6 Å². The molecule has 6 rings (SSSR count). The van der Waals surface area contributed by atoms with Gasteiger partial charge in [0.2, 0.25) is 0 Å². The summed E-state index contributed by atoms with van der Waals surface area (Å²) in [5.41, 5.74) is 5.16. The van der Waals surface area contributed by atoms with Crippen LogP contribution < -0.4 is 21.2 Å². The van der Waals surface area contributed by atoms with E-state index in [1.54, 1.807) is 14.2 Å². The number of aromatic nitrogens is 2. The molecule has 1 aromatic heterocycles. The third-order valence-electron chi connectivity index (χ3n) is 9.02. The van der Waals surface area contributed by atoms with Gasteiger partial charge in [-0.1, -0.05) is 0 Å². The monoisotopic (exact) mass is 646 g/mol. The number of rotatable bonds is 4. The molecule has 0 bridgehead atoms. The summed E-state index contributed by atoms with van der Waals surface area (Å²) < 4.78 is 15.6. The van der Waals surface area contributed by atoms with Gasteiger partial charge in [-0.25, -0.2) is 0 Å². The normalized spacial score (nSPS) is 25.9. The van der Waals surface area contributed by atoms with E-state index in [1.165, 1.54) is 9.27 Å². The predicted molar refractivity (Wildman–Crippen MR) is 142 cm³/mol. The van der Waals surface area contributed by atoms with Crippen molar-refractivity contribution in [3.05, 3.63) is 53.3 Å². The molecule has 0 saturated carbocycles. The van der Waals surface area contributed by atoms with Gasteiger partial charge in [-0.05, 0) is 0 Å². The van der Waals surface area contributed by atoms with E-state index < -0.39 is 26.7 Å². The molecule has 1 aromatic rings. The van der Waals surface area contributed by atoms with E-state index >= 15 is 0 Å². The molecule has 5 heterocycles. The number of nitrogens with zero attached hydrogens (tertiary/aromatic N) is 5. The number of piperidine rings is 1. The Morgan fingerprint density at radius 2 is 1.97 bits per heavy atom. The molecule has 0 N–H and O–H groups in total. The number of amides is 3. The van der Waals surface area contributed by atoms with Crippen LogP contribution in [-0.2, 0) is 21.3 Å². The van der Waals surface area contributed by atoms with Crippen LogP contribution in [0.25, 0.3) is 6.08 Å². The topological polar surface area (TPSA) is 80.1 Å². The quantitative estimate of drug-likeness (QED) is 0.439. The van der Waals surface area contributed by atoms with Crippen molar-refractivity contribution in [2.24, 2.45) is 13.0 Å². The first-order chi connectivity index (χ1) is 18.7. The van der Waals surface area contributed by atoms with Gasteiger partial charge in [-0.2, -0.15) is 0 Å². The van der Waals surface area contributed by atoms with Crippen molar-refractivity contribution in [1.82, 2.24) is 24.5 Å². The van der Waals surface area contributed by atoms with Crippen molar-refractivity contribution in [3.63, 3.8) is 0 Å². The Kier molecular flexibility index (Phi) is 6.68. The van der Waals surface area contributed by atoms with E-state index in [-0.39, 0.29) is 24.0 Å². The number of urea groups is 1. The van der Waals surface area contributed by atoms with Gasteiger partial charge in [-0.3, -0.25) is 0 Å². The summed E-state index contributed by atoms with van der Waals surface area (Å²) in [6.07, 6.45) is 8.58. The van der Waals surface area contributed by atoms with Gasteiger partial charge < -0.3 is 4.74 Å². The molecule has 0 aromatic carbocycles. The molecule has 3 amide bonds. The molecule has 210 valence electrons. The van der Waals surface area contributed by atoms with Crippen molar-refractivity contribution in [2.75, 3.05) is 40.4 Å². The summed E-state index contributed by atoms with van der Waals surface area (Å²) >= 11 is -0.541. The van der Waals surface area contributed by atoms with Crippen LogP contribution >= 0.6 is 0 Å². The SMILES string of the molecule is CCN1C(=O)N2CC3=C(C(OC)CC(OC)=C3)[C@@H](C)C=C2C12CCN(C(=O)C1=Cc3c(C)nn(C)c3[I-]1)CC2. The molecule has 2 fully saturated rings. The van der Waals surface area contributed by atoms with Crippen LogP contribution in [0.15, 0.2) is 38.3 Å². The summed E-state index contributed by atoms with van der Waals surface area (Å²) in [6, 6.07) is 0.0548. The van der Waals surface area contributed by atoms with Crippen LogP contribution in [0.3, 0.4) is 0 Å². The number of aryl methyl sites for hydroxylation is 2. The molecule has 5 aliphatic rings. The molecule has 4 aliphatic heterocycles. The van der Waals surface area contributed by atoms with Gasteiger partial charge in [0.1, 0.15) is 0 Å². The minimum absolute atomic E-state index is 0.0548. The Morgan fingerprint density at radius 1 is 1.23 bits per heavy atom. The van der Waals surface area contributed by atoms with Crippen LogP contribution in [0.2, 0.25) is 0 Å². The molecular formula is C29H37IN5O4-. The van der Waals surface area contributed by atoms with Gasteiger partial charge in [0.25, 0.3) is 0 Å². The Labute approximate surface area is 240 Å². The fourth-order valence-electron chi connectivity index (χ4n) is 7.10. The van der Waals surface area contributed by atoms with E-state index in [2.05, 4.69) is 37.2 Å². The first-order valence-corrected chi connectivity index (χ1v) is 15.9. The fraction of sp³-hybridized carbons (Fsp3) is 0.552. The van der Waals surface area contributed by atoms with Gasteiger partial charge in [0.05, 0.1) is 7.11 Å². The number of carbonyl (C=O) groups is 2. The molecular weight excluding hydrogens is 609 g/mol. The number of allylic oxidation sites excluding steroid dienone is 1. The maximum absolute atomic E-state index is 13.9. The molecule has 1 aliphatic carbocycles. The first kappa shape index (κ1) is 26.6. The number of methoxy groups -OCH3 is 2. The van der Waals surface area contributed by atoms with Crippen molar-refractivity contribution in [2.45, 2.75) is 51.7 Å². The molecule has 2 atom stereocenters. The van der Waals surface area contributed by atoms with Gasteiger partial charge in [0.15, 0.2) is 0 Å². The van der Waals surface area contributed by atoms with E-state index in [1.807, 2.05) is 33.4 Å². The average molecular weight is 647 g/mol. The van der Waals surface area contributed by atoms with E-state index in [4.69, 9.17) is 9.47 Å². The average Bonchev–Trinajstić information content (AvgIpc) is 3.51. The minimum atomic E-state index is -0.541. The zero-order valence-corrected chi connectivity index (χ0v) is 25.7. The number of carbonyl (C=O) groups excluding carboxylic acids is 2. The number of likely N-dealkylation sites (N-methyl/N-ethyl adjacent to an activating group) is 1. The third-order valence-corrected chi connectivity index (χ3v) is 12.2. The van der Waals surface area contributed by atoms with Crippen LogP contribution in [0.1, 0.15) is 44.4 Å². The van der Waals surface area contributed by atoms with Crippen LogP contribution in [0, 0.1) is 16.5 Å². The molecule has 0 radical (unpaired) electrons. The van der Waals surface area contributed by atoms with Crippen molar-refractivity contribution in [3.8, 4) is 0 Å².